The van der Waals surface area contributed by atoms with Crippen molar-refractivity contribution in [3.05, 3.63) is 58.3 Å². The van der Waals surface area contributed by atoms with Gasteiger partial charge in [0.1, 0.15) is 5.82 Å². The van der Waals surface area contributed by atoms with Gasteiger partial charge in [0, 0.05) is 10.0 Å². The van der Waals surface area contributed by atoms with Crippen LogP contribution in [-0.2, 0) is 9.59 Å². The fourth-order valence-corrected chi connectivity index (χ4v) is 3.68. The van der Waals surface area contributed by atoms with Crippen LogP contribution in [0.3, 0.4) is 0 Å². The number of benzene rings is 2. The number of nitrogens with zero attached hydrogens (tertiary/aromatic N) is 3. The maximum Gasteiger partial charge on any atom is 0.276 e. The number of anilines is 2. The summed E-state index contributed by atoms with van der Waals surface area (Å²) in [6.45, 7) is 0. The van der Waals surface area contributed by atoms with Gasteiger partial charge in [-0.1, -0.05) is 27.7 Å². The molecule has 2 heterocycles. The lowest BCUT2D eigenvalue weighted by Gasteiger charge is -2.15. The highest BCUT2D eigenvalue weighted by Gasteiger charge is 2.31. The number of rotatable bonds is 2. The lowest BCUT2D eigenvalue weighted by Crippen LogP contribution is -2.29. The van der Waals surface area contributed by atoms with Crippen molar-refractivity contribution in [2.45, 2.75) is 0 Å². The Hall–Kier alpha value is -2.52. The molecule has 4 rings (SSSR count). The Morgan fingerprint density at radius 1 is 1.12 bits per heavy atom. The fraction of sp³-hybridized carbons (Fsp3) is 0.0588. The first-order valence-corrected chi connectivity index (χ1v) is 9.29. The SMILES string of the molecule is O=C1Nc2ccc(F)cc2C1=NN=C1SCC(=O)N1c1ccc(Br)cc1. The van der Waals surface area contributed by atoms with Crippen molar-refractivity contribution in [3.63, 3.8) is 0 Å². The largest absolute Gasteiger partial charge is 0.320 e. The van der Waals surface area contributed by atoms with Crippen LogP contribution in [0.1, 0.15) is 5.56 Å². The molecule has 2 aromatic rings. The molecule has 1 fully saturated rings. The third-order valence-electron chi connectivity index (χ3n) is 3.79. The van der Waals surface area contributed by atoms with E-state index < -0.39 is 11.7 Å². The first-order chi connectivity index (χ1) is 12.5. The normalized spacial score (nSPS) is 19.4. The summed E-state index contributed by atoms with van der Waals surface area (Å²) in [7, 11) is 0. The van der Waals surface area contributed by atoms with E-state index in [0.717, 1.165) is 4.47 Å². The Balaban J connectivity index is 1.71. The molecular weight excluding hydrogens is 423 g/mol. The van der Waals surface area contributed by atoms with E-state index in [2.05, 4.69) is 31.4 Å². The van der Waals surface area contributed by atoms with Crippen LogP contribution in [0.25, 0.3) is 0 Å². The first-order valence-electron chi connectivity index (χ1n) is 7.51. The van der Waals surface area contributed by atoms with Crippen LogP contribution < -0.4 is 10.2 Å². The zero-order valence-corrected chi connectivity index (χ0v) is 15.5. The molecule has 0 saturated carbocycles. The van der Waals surface area contributed by atoms with E-state index in [1.165, 1.54) is 34.9 Å². The van der Waals surface area contributed by atoms with E-state index in [9.17, 15) is 14.0 Å². The molecule has 6 nitrogen and oxygen atoms in total. The summed E-state index contributed by atoms with van der Waals surface area (Å²) in [6, 6.07) is 11.2. The Kier molecular flexibility index (Phi) is 4.33. The van der Waals surface area contributed by atoms with Crippen molar-refractivity contribution in [2.24, 2.45) is 10.2 Å². The minimum Gasteiger partial charge on any atom is -0.320 e. The molecule has 2 aliphatic rings. The fourth-order valence-electron chi connectivity index (χ4n) is 2.60. The van der Waals surface area contributed by atoms with Gasteiger partial charge < -0.3 is 5.32 Å². The number of fused-ring (bicyclic) bond motifs is 1. The number of nitrogens with one attached hydrogen (secondary N) is 1. The number of carbonyl (C=O) groups is 2. The minimum atomic E-state index is -0.470. The molecule has 2 amide bonds. The number of thioether (sulfide) groups is 1. The lowest BCUT2D eigenvalue weighted by atomic mass is 10.1. The lowest BCUT2D eigenvalue weighted by molar-refractivity contribution is -0.115. The van der Waals surface area contributed by atoms with Crippen molar-refractivity contribution in [3.8, 4) is 0 Å². The second kappa shape index (κ2) is 6.65. The highest BCUT2D eigenvalue weighted by molar-refractivity contribution is 9.10. The molecule has 2 aromatic carbocycles. The second-order valence-electron chi connectivity index (χ2n) is 5.47. The van der Waals surface area contributed by atoms with Crippen LogP contribution in [-0.4, -0.2) is 28.4 Å². The smallest absolute Gasteiger partial charge is 0.276 e. The molecule has 26 heavy (non-hydrogen) atoms. The highest BCUT2D eigenvalue weighted by Crippen LogP contribution is 2.29. The van der Waals surface area contributed by atoms with Crippen LogP contribution >= 0.6 is 27.7 Å². The van der Waals surface area contributed by atoms with Crippen LogP contribution in [0, 0.1) is 5.82 Å². The van der Waals surface area contributed by atoms with Gasteiger partial charge in [-0.3, -0.25) is 14.5 Å². The van der Waals surface area contributed by atoms with Gasteiger partial charge in [-0.25, -0.2) is 4.39 Å². The van der Waals surface area contributed by atoms with Crippen molar-refractivity contribution >= 4 is 61.8 Å². The summed E-state index contributed by atoms with van der Waals surface area (Å²) in [5.41, 5.74) is 1.51. The second-order valence-corrected chi connectivity index (χ2v) is 7.33. The van der Waals surface area contributed by atoms with Gasteiger partial charge in [0.2, 0.25) is 5.91 Å². The van der Waals surface area contributed by atoms with Crippen LogP contribution in [0.15, 0.2) is 57.1 Å². The summed E-state index contributed by atoms with van der Waals surface area (Å²) < 4.78 is 14.4. The number of hydrogen-bond donors (Lipinski definition) is 1. The molecule has 0 radical (unpaired) electrons. The van der Waals surface area contributed by atoms with Gasteiger partial charge in [0.25, 0.3) is 5.91 Å². The van der Waals surface area contributed by atoms with Crippen molar-refractivity contribution in [2.75, 3.05) is 16.0 Å². The molecule has 0 aliphatic carbocycles. The quantitative estimate of drug-likeness (QED) is 0.739. The van der Waals surface area contributed by atoms with E-state index in [1.54, 1.807) is 12.1 Å². The zero-order chi connectivity index (χ0) is 18.3. The van der Waals surface area contributed by atoms with Crippen molar-refractivity contribution < 1.29 is 14.0 Å². The van der Waals surface area contributed by atoms with Gasteiger partial charge in [-0.05, 0) is 42.5 Å². The van der Waals surface area contributed by atoms with E-state index in [0.29, 0.717) is 22.1 Å². The summed E-state index contributed by atoms with van der Waals surface area (Å²) in [5, 5.41) is 11.1. The van der Waals surface area contributed by atoms with Gasteiger partial charge in [0.15, 0.2) is 10.9 Å². The molecule has 1 saturated heterocycles. The Morgan fingerprint density at radius 2 is 1.88 bits per heavy atom. The summed E-state index contributed by atoms with van der Waals surface area (Å²) >= 11 is 4.58. The number of hydrogen-bond acceptors (Lipinski definition) is 5. The van der Waals surface area contributed by atoms with Crippen LogP contribution in [0.5, 0.6) is 0 Å². The van der Waals surface area contributed by atoms with E-state index in [4.69, 9.17) is 0 Å². The zero-order valence-electron chi connectivity index (χ0n) is 13.1. The standard InChI is InChI=1S/C17H10BrFN4O2S/c18-9-1-4-11(5-2-9)23-14(24)8-26-17(23)22-21-15-12-7-10(19)3-6-13(12)20-16(15)25/h1-7H,8H2,(H,20,21,25). The Labute approximate surface area is 160 Å². The van der Waals surface area contributed by atoms with E-state index in [-0.39, 0.29) is 17.4 Å². The molecule has 130 valence electrons. The van der Waals surface area contributed by atoms with Gasteiger partial charge in [0.05, 0.1) is 17.1 Å². The number of halogens is 2. The molecule has 0 aromatic heterocycles. The average molecular weight is 433 g/mol. The summed E-state index contributed by atoms with van der Waals surface area (Å²) in [4.78, 5) is 25.7. The van der Waals surface area contributed by atoms with Gasteiger partial charge in [-0.2, -0.15) is 0 Å². The highest BCUT2D eigenvalue weighted by atomic mass is 79.9. The molecular formula is C17H10BrFN4O2S. The van der Waals surface area contributed by atoms with E-state index >= 15 is 0 Å². The monoisotopic (exact) mass is 432 g/mol. The van der Waals surface area contributed by atoms with Crippen molar-refractivity contribution in [1.29, 1.82) is 0 Å². The Morgan fingerprint density at radius 3 is 2.65 bits per heavy atom. The topological polar surface area (TPSA) is 74.1 Å². The number of carbonyl (C=O) groups excluding carboxylic acids is 2. The molecule has 0 spiro atoms. The molecule has 0 bridgehead atoms. The molecule has 0 unspecified atom stereocenters. The van der Waals surface area contributed by atoms with Gasteiger partial charge >= 0.3 is 0 Å². The minimum absolute atomic E-state index is 0.0164. The molecule has 9 heteroatoms. The van der Waals surface area contributed by atoms with Crippen LogP contribution in [0.2, 0.25) is 0 Å². The first kappa shape index (κ1) is 16.9. The summed E-state index contributed by atoms with van der Waals surface area (Å²) in [5.74, 6) is -0.822. The number of amidine groups is 1. The van der Waals surface area contributed by atoms with Crippen LogP contribution in [0.4, 0.5) is 15.8 Å². The predicted octanol–water partition coefficient (Wildman–Crippen LogP) is 3.38. The molecule has 2 aliphatic heterocycles. The van der Waals surface area contributed by atoms with Gasteiger partial charge in [-0.15, -0.1) is 10.2 Å². The summed E-state index contributed by atoms with van der Waals surface area (Å²) in [6.07, 6.45) is 0. The maximum absolute atomic E-state index is 13.5. The van der Waals surface area contributed by atoms with E-state index in [1.807, 2.05) is 12.1 Å². The Bertz CT molecular complexity index is 991. The average Bonchev–Trinajstić information content (AvgIpc) is 3.13. The third-order valence-corrected chi connectivity index (χ3v) is 5.23. The maximum atomic E-state index is 13.5. The third kappa shape index (κ3) is 3.04. The molecule has 0 atom stereocenters. The van der Waals surface area contributed by atoms with Crippen molar-refractivity contribution in [1.82, 2.24) is 0 Å². The number of amides is 2. The molecule has 1 N–H and O–H groups in total. The predicted molar refractivity (Wildman–Crippen MR) is 103 cm³/mol.